The van der Waals surface area contributed by atoms with Gasteiger partial charge in [0.1, 0.15) is 23.8 Å². The summed E-state index contributed by atoms with van der Waals surface area (Å²) in [5, 5.41) is 9.86. The molecule has 1 amide bonds. The molecule has 2 aromatic rings. The minimum atomic E-state index is -0.691. The molecule has 4 nitrogen and oxygen atoms in total. The van der Waals surface area contributed by atoms with E-state index in [1.807, 2.05) is 61.5 Å². The minimum Gasteiger partial charge on any atom is -0.442 e. The molecule has 0 radical (unpaired) electrons. The average molecular weight is 344 g/mol. The molecule has 0 spiro atoms. The number of aryl methyl sites for hydroxylation is 1. The van der Waals surface area contributed by atoms with Crippen LogP contribution in [0.1, 0.15) is 11.1 Å². The fraction of sp³-hybridized carbons (Fsp3) is 0.211. The fourth-order valence-corrected chi connectivity index (χ4v) is 3.59. The largest absolute Gasteiger partial charge is 0.449 e. The summed E-state index contributed by atoms with van der Waals surface area (Å²) >= 11 is -0.660. The third kappa shape index (κ3) is 5.76. The first-order valence-corrected chi connectivity index (χ1v) is 9.03. The predicted molar refractivity (Wildman–Crippen MR) is 97.6 cm³/mol. The Balaban J connectivity index is 1.99. The highest BCUT2D eigenvalue weighted by molar-refractivity contribution is 7.95. The van der Waals surface area contributed by atoms with Crippen molar-refractivity contribution in [3.05, 3.63) is 78.4 Å². The van der Waals surface area contributed by atoms with Gasteiger partial charge < -0.3 is 9.84 Å². The molecule has 24 heavy (non-hydrogen) atoms. The molecule has 126 valence electrons. The number of aliphatic hydroxyl groups is 1. The zero-order valence-electron chi connectivity index (χ0n) is 13.6. The van der Waals surface area contributed by atoms with Crippen LogP contribution < -0.4 is 4.72 Å². The van der Waals surface area contributed by atoms with Crippen molar-refractivity contribution < 1.29 is 14.6 Å². The lowest BCUT2D eigenvalue weighted by atomic mass is 10.2. The van der Waals surface area contributed by atoms with Crippen LogP contribution in [0, 0.1) is 6.92 Å². The van der Waals surface area contributed by atoms with E-state index in [0.29, 0.717) is 5.75 Å². The van der Waals surface area contributed by atoms with Crippen molar-refractivity contribution >= 4 is 17.2 Å². The Labute approximate surface area is 145 Å². The van der Waals surface area contributed by atoms with Crippen LogP contribution in [0.5, 0.6) is 0 Å². The lowest BCUT2D eigenvalue weighted by molar-refractivity contribution is 0.146. The Hall–Kier alpha value is -2.24. The molecule has 1 unspecified atom stereocenters. The van der Waals surface area contributed by atoms with Gasteiger partial charge in [-0.1, -0.05) is 54.1 Å². The van der Waals surface area contributed by atoms with E-state index in [4.69, 9.17) is 4.74 Å². The smallest absolute Gasteiger partial charge is 0.442 e. The van der Waals surface area contributed by atoms with Crippen LogP contribution in [0.15, 0.2) is 72.1 Å². The Morgan fingerprint density at radius 3 is 2.54 bits per heavy atom. The first kappa shape index (κ1) is 18.1. The lowest BCUT2D eigenvalue weighted by Crippen LogP contribution is -2.36. The first-order valence-electron chi connectivity index (χ1n) is 7.64. The number of rotatable bonds is 7. The number of aliphatic hydroxyl groups excluding tert-OH is 1. The number of nitrogens with one attached hydrogen (secondary N) is 1. The zero-order valence-corrected chi connectivity index (χ0v) is 14.5. The second-order valence-corrected chi connectivity index (χ2v) is 7.13. The van der Waals surface area contributed by atoms with Gasteiger partial charge in [-0.05, 0) is 24.6 Å². The summed E-state index contributed by atoms with van der Waals surface area (Å²) in [5.74, 6) is 0.368. The fourth-order valence-electron chi connectivity index (χ4n) is 1.99. The summed E-state index contributed by atoms with van der Waals surface area (Å²) in [6, 6.07) is 17.4. The number of carbonyl (C=O) groups excluding carboxylic acids is 1. The molecule has 0 aliphatic heterocycles. The van der Waals surface area contributed by atoms with Crippen LogP contribution in [0.3, 0.4) is 0 Å². The van der Waals surface area contributed by atoms with Gasteiger partial charge in [-0.3, -0.25) is 0 Å². The second kappa shape index (κ2) is 9.15. The lowest BCUT2D eigenvalue weighted by Gasteiger charge is -2.11. The molecule has 2 aromatic carbocycles. The van der Waals surface area contributed by atoms with Gasteiger partial charge in [-0.2, -0.15) is 0 Å². The molecule has 0 aliphatic carbocycles. The summed E-state index contributed by atoms with van der Waals surface area (Å²) in [6.45, 7) is 5.80. The van der Waals surface area contributed by atoms with Crippen LogP contribution in [0.25, 0.3) is 0 Å². The summed E-state index contributed by atoms with van der Waals surface area (Å²) in [4.78, 5) is 13.0. The van der Waals surface area contributed by atoms with E-state index in [1.54, 1.807) is 0 Å². The van der Waals surface area contributed by atoms with Crippen molar-refractivity contribution in [1.82, 2.24) is 4.72 Å². The molecule has 2 rings (SSSR count). The van der Waals surface area contributed by atoms with Crippen LogP contribution in [-0.2, 0) is 22.4 Å². The second-order valence-electron chi connectivity index (χ2n) is 5.34. The maximum Gasteiger partial charge on any atom is 0.449 e. The van der Waals surface area contributed by atoms with E-state index in [0.717, 1.165) is 16.0 Å². The van der Waals surface area contributed by atoms with Gasteiger partial charge in [-0.15, -0.1) is 11.3 Å². The molecule has 0 heterocycles. The maximum atomic E-state index is 12.1. The first-order chi connectivity index (χ1) is 11.6. The maximum absolute atomic E-state index is 12.1. The summed E-state index contributed by atoms with van der Waals surface area (Å²) in [5.41, 5.74) is 2.06. The highest BCUT2D eigenvalue weighted by atomic mass is 32.2. The van der Waals surface area contributed by atoms with Crippen molar-refractivity contribution in [2.45, 2.75) is 24.5 Å². The molecule has 0 aromatic heterocycles. The van der Waals surface area contributed by atoms with E-state index >= 15 is 0 Å². The van der Waals surface area contributed by atoms with Gasteiger partial charge >= 0.3 is 6.09 Å². The van der Waals surface area contributed by atoms with Crippen molar-refractivity contribution in [1.29, 1.82) is 0 Å². The topological polar surface area (TPSA) is 58.6 Å². The molecule has 5 heteroatoms. The predicted octanol–water partition coefficient (Wildman–Crippen LogP) is 3.36. The highest BCUT2D eigenvalue weighted by Crippen LogP contribution is 2.14. The van der Waals surface area contributed by atoms with Crippen LogP contribution in [0.2, 0.25) is 0 Å². The van der Waals surface area contributed by atoms with Crippen molar-refractivity contribution in [3.63, 3.8) is 0 Å². The number of hydrogen-bond donors (Lipinski definition) is 2. The van der Waals surface area contributed by atoms with Crippen molar-refractivity contribution in [2.24, 2.45) is 0 Å². The van der Waals surface area contributed by atoms with E-state index in [1.165, 1.54) is 6.08 Å². The monoisotopic (exact) mass is 344 g/mol. The van der Waals surface area contributed by atoms with Crippen LogP contribution in [-0.4, -0.2) is 23.1 Å². The summed E-state index contributed by atoms with van der Waals surface area (Å²) in [7, 11) is 0. The SMILES string of the molecule is C=C[C@H](O)C[S+](NC(=O)OCc1ccccc1)c1ccc(C)cc1. The number of benzene rings is 2. The van der Waals surface area contributed by atoms with Gasteiger partial charge in [-0.25, -0.2) is 4.79 Å². The van der Waals surface area contributed by atoms with E-state index in [2.05, 4.69) is 11.3 Å². The minimum absolute atomic E-state index is 0.210. The zero-order chi connectivity index (χ0) is 17.4. The van der Waals surface area contributed by atoms with Crippen LogP contribution >= 0.6 is 0 Å². The van der Waals surface area contributed by atoms with Gasteiger partial charge in [0.05, 0.1) is 0 Å². The quantitative estimate of drug-likeness (QED) is 0.598. The standard InChI is InChI=1S/C19H21NO3S/c1-3-17(21)14-24(18-11-9-15(2)10-12-18)20-19(22)23-13-16-7-5-4-6-8-16/h3-12,17,21H,1,13-14H2,2H3/p+1/t17-,24?/m0/s1. The molecule has 0 saturated heterocycles. The van der Waals surface area contributed by atoms with Crippen molar-refractivity contribution in [2.75, 3.05) is 5.75 Å². The van der Waals surface area contributed by atoms with Gasteiger partial charge in [0.15, 0.2) is 10.6 Å². The average Bonchev–Trinajstić information content (AvgIpc) is 2.61. The molecule has 2 atom stereocenters. The summed E-state index contributed by atoms with van der Waals surface area (Å²) < 4.78 is 8.12. The number of hydrogen-bond acceptors (Lipinski definition) is 3. The molecular formula is C19H22NO3S+. The molecule has 2 N–H and O–H groups in total. The third-order valence-corrected chi connectivity index (χ3v) is 5.26. The Bertz CT molecular complexity index is 658. The number of carbonyl (C=O) groups is 1. The van der Waals surface area contributed by atoms with E-state index < -0.39 is 23.3 Å². The van der Waals surface area contributed by atoms with Gasteiger partial charge in [0.25, 0.3) is 0 Å². The molecule has 0 aliphatic rings. The van der Waals surface area contributed by atoms with Gasteiger partial charge in [0.2, 0.25) is 0 Å². The van der Waals surface area contributed by atoms with Gasteiger partial charge in [0, 0.05) is 0 Å². The third-order valence-electron chi connectivity index (χ3n) is 3.33. The number of ether oxygens (including phenoxy) is 1. The summed E-state index contributed by atoms with van der Waals surface area (Å²) in [6.07, 6.45) is 0.272. The Kier molecular flexibility index (Phi) is 6.90. The Morgan fingerprint density at radius 1 is 1.25 bits per heavy atom. The Morgan fingerprint density at radius 2 is 1.92 bits per heavy atom. The normalized spacial score (nSPS) is 12.9. The van der Waals surface area contributed by atoms with E-state index in [9.17, 15) is 9.90 Å². The van der Waals surface area contributed by atoms with Crippen LogP contribution in [0.4, 0.5) is 4.79 Å². The van der Waals surface area contributed by atoms with Crippen molar-refractivity contribution in [3.8, 4) is 0 Å². The molecule has 0 saturated carbocycles. The molecular weight excluding hydrogens is 322 g/mol. The molecule has 0 bridgehead atoms. The highest BCUT2D eigenvalue weighted by Gasteiger charge is 2.28. The number of amides is 1. The van der Waals surface area contributed by atoms with E-state index in [-0.39, 0.29) is 6.61 Å². The molecule has 0 fully saturated rings.